The van der Waals surface area contributed by atoms with E-state index >= 15 is 0 Å². The molecule has 0 saturated heterocycles. The van der Waals surface area contributed by atoms with Gasteiger partial charge in [0.2, 0.25) is 0 Å². The molecule has 6 heteroatoms. The SMILES string of the molecule is CCCCCCCCCCCCCCCCO[PH](=O)O.[NaH].[NaH]. The third-order valence-electron chi connectivity index (χ3n) is 3.72. The van der Waals surface area contributed by atoms with Gasteiger partial charge in [0, 0.05) is 0 Å². The van der Waals surface area contributed by atoms with E-state index in [0.717, 1.165) is 12.8 Å². The van der Waals surface area contributed by atoms with Gasteiger partial charge < -0.3 is 9.42 Å². The molecular weight excluding hydrogens is 317 g/mol. The van der Waals surface area contributed by atoms with Gasteiger partial charge in [-0.2, -0.15) is 0 Å². The number of rotatable bonds is 16. The first-order chi connectivity index (χ1) is 9.77. The van der Waals surface area contributed by atoms with Gasteiger partial charge in [-0.25, -0.2) is 0 Å². The molecule has 3 nitrogen and oxygen atoms in total. The van der Waals surface area contributed by atoms with Gasteiger partial charge in [-0.3, -0.25) is 4.57 Å². The van der Waals surface area contributed by atoms with Crippen LogP contribution < -0.4 is 0 Å². The maximum atomic E-state index is 10.3. The maximum absolute atomic E-state index is 10.3. The number of hydrogen-bond acceptors (Lipinski definition) is 2. The molecule has 0 aliphatic carbocycles. The molecule has 0 spiro atoms. The van der Waals surface area contributed by atoms with Crippen LogP contribution in [0.4, 0.5) is 0 Å². The zero-order valence-corrected chi connectivity index (χ0v) is 14.4. The first kappa shape index (κ1) is 28.9. The van der Waals surface area contributed by atoms with Crippen LogP contribution in [0.5, 0.6) is 0 Å². The number of unbranched alkanes of at least 4 members (excludes halogenated alkanes) is 13. The topological polar surface area (TPSA) is 46.5 Å². The summed E-state index contributed by atoms with van der Waals surface area (Å²) in [5, 5.41) is 0. The standard InChI is InChI=1S/C16H35O3P.2Na.2H/c1-2-3-4-5-6-7-8-9-10-11-12-13-14-15-16-19-20(17)18;;;;/h20H,2-16H2,1H3,(H,17,18);;;;. The van der Waals surface area contributed by atoms with Crippen LogP contribution in [0.2, 0.25) is 0 Å². The predicted octanol–water partition coefficient (Wildman–Crippen LogP) is 4.57. The zero-order valence-electron chi connectivity index (χ0n) is 13.4. The molecule has 22 heavy (non-hydrogen) atoms. The van der Waals surface area contributed by atoms with Crippen molar-refractivity contribution in [3.05, 3.63) is 0 Å². The molecule has 126 valence electrons. The van der Waals surface area contributed by atoms with Crippen molar-refractivity contribution in [3.63, 3.8) is 0 Å². The predicted molar refractivity (Wildman–Crippen MR) is 102 cm³/mol. The molecule has 0 aliphatic rings. The van der Waals surface area contributed by atoms with E-state index in [1.54, 1.807) is 0 Å². The van der Waals surface area contributed by atoms with E-state index in [9.17, 15) is 4.57 Å². The van der Waals surface area contributed by atoms with Crippen LogP contribution in [-0.2, 0) is 9.09 Å². The average molecular weight is 354 g/mol. The van der Waals surface area contributed by atoms with Gasteiger partial charge in [0.15, 0.2) is 0 Å². The van der Waals surface area contributed by atoms with Crippen molar-refractivity contribution in [2.45, 2.75) is 96.8 Å². The van der Waals surface area contributed by atoms with Gasteiger partial charge in [-0.15, -0.1) is 0 Å². The molecule has 1 atom stereocenters. The molecule has 0 bridgehead atoms. The summed E-state index contributed by atoms with van der Waals surface area (Å²) in [6.45, 7) is 2.70. The van der Waals surface area contributed by atoms with Crippen LogP contribution in [0.3, 0.4) is 0 Å². The third kappa shape index (κ3) is 27.0. The Balaban J connectivity index is -0.00000180. The van der Waals surface area contributed by atoms with Crippen molar-refractivity contribution in [1.29, 1.82) is 0 Å². The quantitative estimate of drug-likeness (QED) is 0.251. The van der Waals surface area contributed by atoms with E-state index in [0.29, 0.717) is 6.61 Å². The molecule has 0 aliphatic heterocycles. The molecule has 0 heterocycles. The minimum absolute atomic E-state index is 0. The third-order valence-corrected chi connectivity index (χ3v) is 4.17. The van der Waals surface area contributed by atoms with Crippen LogP contribution in [0.25, 0.3) is 0 Å². The van der Waals surface area contributed by atoms with Crippen LogP contribution in [-0.4, -0.2) is 70.6 Å². The van der Waals surface area contributed by atoms with E-state index < -0.39 is 8.25 Å². The molecule has 1 N–H and O–H groups in total. The van der Waals surface area contributed by atoms with Crippen molar-refractivity contribution in [2.24, 2.45) is 0 Å². The van der Waals surface area contributed by atoms with Gasteiger partial charge in [-0.05, 0) is 6.42 Å². The summed E-state index contributed by atoms with van der Waals surface area (Å²) in [5.74, 6) is 0. The molecule has 0 aromatic carbocycles. The Morgan fingerprint density at radius 3 is 1.32 bits per heavy atom. The Morgan fingerprint density at radius 1 is 0.682 bits per heavy atom. The summed E-state index contributed by atoms with van der Waals surface area (Å²) in [6.07, 6.45) is 18.5. The molecule has 0 amide bonds. The van der Waals surface area contributed by atoms with Crippen molar-refractivity contribution in [3.8, 4) is 0 Å². The molecule has 0 aromatic rings. The fourth-order valence-electron chi connectivity index (χ4n) is 2.46. The fraction of sp³-hybridized carbons (Fsp3) is 1.00. The minimum atomic E-state index is -2.70. The Kier molecular flexibility index (Phi) is 33.4. The second-order valence-electron chi connectivity index (χ2n) is 5.71. The summed E-state index contributed by atoms with van der Waals surface area (Å²) in [6, 6.07) is 0. The van der Waals surface area contributed by atoms with Crippen LogP contribution >= 0.6 is 8.25 Å². The Labute approximate surface area is 183 Å². The number of hydrogen-bond donors (Lipinski definition) is 1. The Hall–Kier alpha value is 2.15. The van der Waals surface area contributed by atoms with E-state index in [1.807, 2.05) is 0 Å². The van der Waals surface area contributed by atoms with E-state index in [-0.39, 0.29) is 59.1 Å². The molecule has 1 unspecified atom stereocenters. The molecule has 0 radical (unpaired) electrons. The fourth-order valence-corrected chi connectivity index (χ4v) is 2.78. The van der Waals surface area contributed by atoms with E-state index in [4.69, 9.17) is 4.89 Å². The van der Waals surface area contributed by atoms with Crippen molar-refractivity contribution < 1.29 is 14.0 Å². The van der Waals surface area contributed by atoms with Gasteiger partial charge in [-0.1, -0.05) is 90.4 Å². The van der Waals surface area contributed by atoms with E-state index in [2.05, 4.69) is 11.4 Å². The first-order valence-electron chi connectivity index (χ1n) is 8.63. The van der Waals surface area contributed by atoms with Crippen LogP contribution in [0, 0.1) is 0 Å². The summed E-state index contributed by atoms with van der Waals surface area (Å²) >= 11 is 0. The second kappa shape index (κ2) is 25.4. The van der Waals surface area contributed by atoms with Crippen molar-refractivity contribution >= 4 is 67.4 Å². The average Bonchev–Trinajstić information content (AvgIpc) is 2.43. The van der Waals surface area contributed by atoms with Gasteiger partial charge in [0.05, 0.1) is 6.61 Å². The molecule has 0 fully saturated rings. The van der Waals surface area contributed by atoms with Gasteiger partial charge >= 0.3 is 67.4 Å². The van der Waals surface area contributed by atoms with Crippen LogP contribution in [0.1, 0.15) is 96.8 Å². The summed E-state index contributed by atoms with van der Waals surface area (Å²) < 4.78 is 14.9. The normalized spacial score (nSPS) is 11.5. The Morgan fingerprint density at radius 2 is 1.00 bits per heavy atom. The zero-order chi connectivity index (χ0) is 14.9. The monoisotopic (exact) mass is 354 g/mol. The molecule has 0 aromatic heterocycles. The first-order valence-corrected chi connectivity index (χ1v) is 9.89. The van der Waals surface area contributed by atoms with Gasteiger partial charge in [0.25, 0.3) is 0 Å². The van der Waals surface area contributed by atoms with Crippen molar-refractivity contribution in [2.75, 3.05) is 6.61 Å². The van der Waals surface area contributed by atoms with Crippen molar-refractivity contribution in [1.82, 2.24) is 0 Å². The molecule has 0 saturated carbocycles. The summed E-state index contributed by atoms with van der Waals surface area (Å²) in [4.78, 5) is 8.48. The summed E-state index contributed by atoms with van der Waals surface area (Å²) in [5.41, 5.74) is 0. The van der Waals surface area contributed by atoms with E-state index in [1.165, 1.54) is 77.0 Å². The van der Waals surface area contributed by atoms with Gasteiger partial charge in [0.1, 0.15) is 0 Å². The Bertz CT molecular complexity index is 220. The van der Waals surface area contributed by atoms with Crippen LogP contribution in [0.15, 0.2) is 0 Å². The molecule has 0 rings (SSSR count). The molecular formula is C16H37Na2O3P. The summed E-state index contributed by atoms with van der Waals surface area (Å²) in [7, 11) is -2.70. The second-order valence-corrected chi connectivity index (χ2v) is 6.53.